The van der Waals surface area contributed by atoms with Crippen molar-refractivity contribution >= 4 is 17.5 Å². The highest BCUT2D eigenvalue weighted by Gasteiger charge is 2.28. The maximum Gasteiger partial charge on any atom is 0.221 e. The van der Waals surface area contributed by atoms with Crippen LogP contribution in [0.1, 0.15) is 43.5 Å². The Morgan fingerprint density at radius 3 is 2.65 bits per heavy atom. The van der Waals surface area contributed by atoms with Gasteiger partial charge in [0.1, 0.15) is 17.5 Å². The minimum absolute atomic E-state index is 0.0336. The molecule has 5 N–H and O–H groups in total. The molecule has 1 aliphatic rings. The number of aromatic nitrogens is 2. The summed E-state index contributed by atoms with van der Waals surface area (Å²) in [6.07, 6.45) is 2.68. The number of nitrogen functional groups attached to an aromatic ring is 1. The molecule has 1 fully saturated rings. The van der Waals surface area contributed by atoms with Crippen molar-refractivity contribution in [2.75, 3.05) is 23.8 Å². The van der Waals surface area contributed by atoms with Crippen molar-refractivity contribution in [3.63, 3.8) is 0 Å². The predicted molar refractivity (Wildman–Crippen MR) is 78.3 cm³/mol. The summed E-state index contributed by atoms with van der Waals surface area (Å²) in [7, 11) is 0. The van der Waals surface area contributed by atoms with Crippen LogP contribution in [0.4, 0.5) is 11.6 Å². The van der Waals surface area contributed by atoms with Crippen LogP contribution in [0.5, 0.6) is 0 Å². The smallest absolute Gasteiger partial charge is 0.221 e. The van der Waals surface area contributed by atoms with E-state index < -0.39 is 0 Å². The summed E-state index contributed by atoms with van der Waals surface area (Å²) in [5.74, 6) is 8.19. The minimum atomic E-state index is 0.0336. The van der Waals surface area contributed by atoms with Gasteiger partial charge in [0.15, 0.2) is 0 Å². The molecular weight excluding hydrogens is 256 g/mol. The largest absolute Gasteiger partial charge is 0.369 e. The van der Waals surface area contributed by atoms with E-state index in [-0.39, 0.29) is 5.91 Å². The number of nitrogens with two attached hydrogens (primary N) is 1. The molecule has 0 aromatic carbocycles. The fourth-order valence-corrected chi connectivity index (χ4v) is 1.95. The van der Waals surface area contributed by atoms with Crippen LogP contribution >= 0.6 is 0 Å². The first kappa shape index (κ1) is 14.5. The molecule has 2 rings (SSSR count). The summed E-state index contributed by atoms with van der Waals surface area (Å²) in [6, 6.07) is 0. The Bertz CT molecular complexity index is 486. The molecule has 1 aromatic rings. The molecule has 7 nitrogen and oxygen atoms in total. The second kappa shape index (κ2) is 6.51. The predicted octanol–water partition coefficient (Wildman–Crippen LogP) is 0.886. The lowest BCUT2D eigenvalue weighted by Crippen LogP contribution is -2.25. The summed E-state index contributed by atoms with van der Waals surface area (Å²) < 4.78 is 0. The third kappa shape index (κ3) is 3.57. The number of carbonyl (C=O) groups is 1. The van der Waals surface area contributed by atoms with Gasteiger partial charge in [0.25, 0.3) is 0 Å². The van der Waals surface area contributed by atoms with Crippen LogP contribution in [0.2, 0.25) is 0 Å². The summed E-state index contributed by atoms with van der Waals surface area (Å²) in [4.78, 5) is 20.4. The average molecular weight is 278 g/mol. The highest BCUT2D eigenvalue weighted by Crippen LogP contribution is 2.39. The van der Waals surface area contributed by atoms with E-state index in [1.807, 2.05) is 13.8 Å². The van der Waals surface area contributed by atoms with Crippen LogP contribution in [0.25, 0.3) is 0 Å². The van der Waals surface area contributed by atoms with Crippen molar-refractivity contribution in [1.29, 1.82) is 0 Å². The van der Waals surface area contributed by atoms with Gasteiger partial charge < -0.3 is 16.1 Å². The number of nitrogens with one attached hydrogen (secondary N) is 3. The van der Waals surface area contributed by atoms with Crippen molar-refractivity contribution in [3.05, 3.63) is 11.4 Å². The molecule has 1 saturated carbocycles. The van der Waals surface area contributed by atoms with Crippen LogP contribution in [-0.2, 0) is 4.79 Å². The molecule has 0 saturated heterocycles. The molecule has 0 radical (unpaired) electrons. The third-order valence-electron chi connectivity index (χ3n) is 3.26. The number of hydrogen-bond acceptors (Lipinski definition) is 6. The van der Waals surface area contributed by atoms with Gasteiger partial charge in [0, 0.05) is 31.0 Å². The van der Waals surface area contributed by atoms with Crippen LogP contribution < -0.4 is 21.9 Å². The summed E-state index contributed by atoms with van der Waals surface area (Å²) >= 11 is 0. The van der Waals surface area contributed by atoms with E-state index in [1.54, 1.807) is 0 Å². The van der Waals surface area contributed by atoms with Crippen molar-refractivity contribution in [2.24, 2.45) is 5.84 Å². The van der Waals surface area contributed by atoms with Gasteiger partial charge in [-0.1, -0.05) is 0 Å². The van der Waals surface area contributed by atoms with Crippen LogP contribution in [0.3, 0.4) is 0 Å². The van der Waals surface area contributed by atoms with Gasteiger partial charge in [0.2, 0.25) is 5.91 Å². The zero-order valence-electron chi connectivity index (χ0n) is 12.0. The molecule has 0 bridgehead atoms. The van der Waals surface area contributed by atoms with E-state index >= 15 is 0 Å². The summed E-state index contributed by atoms with van der Waals surface area (Å²) in [5, 5.41) is 5.96. The Kier molecular flexibility index (Phi) is 4.73. The minimum Gasteiger partial charge on any atom is -0.369 e. The molecule has 1 aromatic heterocycles. The van der Waals surface area contributed by atoms with Gasteiger partial charge in [0.05, 0.1) is 0 Å². The van der Waals surface area contributed by atoms with Gasteiger partial charge in [-0.2, -0.15) is 0 Å². The van der Waals surface area contributed by atoms with Gasteiger partial charge in [-0.15, -0.1) is 0 Å². The lowest BCUT2D eigenvalue weighted by molar-refractivity contribution is -0.120. The van der Waals surface area contributed by atoms with Gasteiger partial charge in [-0.05, 0) is 26.7 Å². The topological polar surface area (TPSA) is 105 Å². The molecule has 1 heterocycles. The quantitative estimate of drug-likeness (QED) is 0.436. The molecular formula is C13H22N6O. The Balaban J connectivity index is 2.02. The highest BCUT2D eigenvalue weighted by atomic mass is 16.1. The first-order valence-electron chi connectivity index (χ1n) is 7.01. The van der Waals surface area contributed by atoms with Crippen molar-refractivity contribution in [1.82, 2.24) is 15.3 Å². The Hall–Kier alpha value is -1.89. The first-order chi connectivity index (χ1) is 9.65. The summed E-state index contributed by atoms with van der Waals surface area (Å²) in [5.41, 5.74) is 3.48. The lowest BCUT2D eigenvalue weighted by Gasteiger charge is -2.13. The molecule has 0 spiro atoms. The highest BCUT2D eigenvalue weighted by molar-refractivity contribution is 5.76. The number of hydrogen-bond donors (Lipinski definition) is 4. The number of hydrazine groups is 1. The molecule has 1 aliphatic carbocycles. The first-order valence-corrected chi connectivity index (χ1v) is 7.01. The summed E-state index contributed by atoms with van der Waals surface area (Å²) in [6.45, 7) is 5.00. The maximum absolute atomic E-state index is 11.4. The molecule has 0 atom stereocenters. The van der Waals surface area contributed by atoms with Crippen molar-refractivity contribution < 1.29 is 4.79 Å². The van der Waals surface area contributed by atoms with Gasteiger partial charge in [-0.3, -0.25) is 4.79 Å². The number of anilines is 2. The maximum atomic E-state index is 11.4. The zero-order valence-corrected chi connectivity index (χ0v) is 12.0. The fourth-order valence-electron chi connectivity index (χ4n) is 1.95. The van der Waals surface area contributed by atoms with E-state index in [0.717, 1.165) is 30.0 Å². The number of amides is 1. The molecule has 1 amide bonds. The van der Waals surface area contributed by atoms with Crippen LogP contribution in [0, 0.1) is 6.92 Å². The molecule has 7 heteroatoms. The SMILES string of the molecule is CCNC(=O)CCNc1nc(C2CC2)nc(NN)c1C. The second-order valence-corrected chi connectivity index (χ2v) is 4.95. The van der Waals surface area contributed by atoms with E-state index in [2.05, 4.69) is 26.0 Å². The van der Waals surface area contributed by atoms with Crippen LogP contribution in [-0.4, -0.2) is 29.0 Å². The molecule has 0 unspecified atom stereocenters. The third-order valence-corrected chi connectivity index (χ3v) is 3.26. The molecule has 20 heavy (non-hydrogen) atoms. The van der Waals surface area contributed by atoms with E-state index in [4.69, 9.17) is 5.84 Å². The van der Waals surface area contributed by atoms with Crippen molar-refractivity contribution in [3.8, 4) is 0 Å². The van der Waals surface area contributed by atoms with E-state index in [9.17, 15) is 4.79 Å². The fraction of sp³-hybridized carbons (Fsp3) is 0.615. The molecule has 0 aliphatic heterocycles. The Labute approximate surface area is 118 Å². The second-order valence-electron chi connectivity index (χ2n) is 4.95. The number of carbonyl (C=O) groups excluding carboxylic acids is 1. The van der Waals surface area contributed by atoms with Gasteiger partial charge >= 0.3 is 0 Å². The monoisotopic (exact) mass is 278 g/mol. The number of rotatable bonds is 7. The standard InChI is InChI=1S/C13H22N6O/c1-3-15-10(20)6-7-16-11-8(2)12(19-14)18-13(17-11)9-4-5-9/h9H,3-7,14H2,1-2H3,(H,15,20)(H2,16,17,18,19). The zero-order chi connectivity index (χ0) is 14.5. The molecule has 110 valence electrons. The lowest BCUT2D eigenvalue weighted by atomic mass is 10.2. The average Bonchev–Trinajstić information content (AvgIpc) is 3.25. The van der Waals surface area contributed by atoms with Gasteiger partial charge in [-0.25, -0.2) is 15.8 Å². The van der Waals surface area contributed by atoms with Crippen molar-refractivity contribution in [2.45, 2.75) is 39.0 Å². The normalized spacial score (nSPS) is 13.9. The number of nitrogens with zero attached hydrogens (tertiary/aromatic N) is 2. The Morgan fingerprint density at radius 1 is 1.35 bits per heavy atom. The van der Waals surface area contributed by atoms with E-state index in [0.29, 0.717) is 31.2 Å². The van der Waals surface area contributed by atoms with Crippen LogP contribution in [0.15, 0.2) is 0 Å². The Morgan fingerprint density at radius 2 is 2.05 bits per heavy atom. The van der Waals surface area contributed by atoms with E-state index in [1.165, 1.54) is 0 Å².